The lowest BCUT2D eigenvalue weighted by Gasteiger charge is -2.05. The highest BCUT2D eigenvalue weighted by atomic mass is 35.5. The predicted octanol–water partition coefficient (Wildman–Crippen LogP) is 5.03. The maximum Gasteiger partial charge on any atom is 0.126 e. The van der Waals surface area contributed by atoms with Crippen LogP contribution in [0.5, 0.6) is 0 Å². The lowest BCUT2D eigenvalue weighted by Crippen LogP contribution is -2.16. The average molecular weight is 320 g/mol. The van der Waals surface area contributed by atoms with Gasteiger partial charge in [0, 0.05) is 21.5 Å². The first-order chi connectivity index (χ1) is 10.3. The molecule has 2 aromatic carbocycles. The van der Waals surface area contributed by atoms with Crippen molar-refractivity contribution in [2.75, 3.05) is 6.54 Å². The van der Waals surface area contributed by atoms with E-state index in [2.05, 4.69) is 11.4 Å². The van der Waals surface area contributed by atoms with Crippen LogP contribution in [0.15, 0.2) is 48.5 Å². The molecule has 0 amide bonds. The Morgan fingerprint density at radius 1 is 1.05 bits per heavy atom. The van der Waals surface area contributed by atoms with Crippen molar-refractivity contribution in [3.05, 3.63) is 69.8 Å². The Morgan fingerprint density at radius 3 is 2.62 bits per heavy atom. The first kappa shape index (κ1) is 14.5. The highest BCUT2D eigenvalue weighted by Gasteiger charge is 2.09. The Bertz CT molecular complexity index is 753. The van der Waals surface area contributed by atoms with Crippen LogP contribution in [0.2, 0.25) is 5.02 Å². The molecule has 1 aromatic heterocycles. The van der Waals surface area contributed by atoms with Crippen LogP contribution in [0.3, 0.4) is 0 Å². The molecule has 3 aromatic rings. The molecule has 1 nitrogen and oxygen atoms in total. The van der Waals surface area contributed by atoms with Gasteiger partial charge in [-0.05, 0) is 30.7 Å². The molecule has 1 heterocycles. The monoisotopic (exact) mass is 319 g/mol. The van der Waals surface area contributed by atoms with E-state index in [-0.39, 0.29) is 5.82 Å². The van der Waals surface area contributed by atoms with Gasteiger partial charge in [0.15, 0.2) is 0 Å². The van der Waals surface area contributed by atoms with Gasteiger partial charge >= 0.3 is 0 Å². The molecule has 0 saturated carbocycles. The zero-order valence-electron chi connectivity index (χ0n) is 11.4. The van der Waals surface area contributed by atoms with Gasteiger partial charge in [-0.2, -0.15) is 0 Å². The lowest BCUT2D eigenvalue weighted by atomic mass is 10.1. The van der Waals surface area contributed by atoms with Crippen LogP contribution < -0.4 is 5.32 Å². The summed E-state index contributed by atoms with van der Waals surface area (Å²) in [6.07, 6.45) is 0.676. The SMILES string of the molecule is Fc1ccccc1CCNCc1sc2ccccc2c1Cl. The molecule has 0 atom stereocenters. The summed E-state index contributed by atoms with van der Waals surface area (Å²) in [5, 5.41) is 5.27. The van der Waals surface area contributed by atoms with Crippen LogP contribution in [-0.4, -0.2) is 6.54 Å². The number of hydrogen-bond donors (Lipinski definition) is 1. The predicted molar refractivity (Wildman–Crippen MR) is 88.6 cm³/mol. The summed E-state index contributed by atoms with van der Waals surface area (Å²) in [6.45, 7) is 1.44. The van der Waals surface area contributed by atoms with Crippen molar-refractivity contribution in [3.8, 4) is 0 Å². The summed E-state index contributed by atoms with van der Waals surface area (Å²) in [5.41, 5.74) is 0.743. The molecule has 108 valence electrons. The Labute approximate surface area is 132 Å². The summed E-state index contributed by atoms with van der Waals surface area (Å²) in [5.74, 6) is -0.140. The molecule has 0 aliphatic rings. The third-order valence-corrected chi connectivity index (χ3v) is 5.13. The lowest BCUT2D eigenvalue weighted by molar-refractivity contribution is 0.598. The first-order valence-electron chi connectivity index (χ1n) is 6.86. The van der Waals surface area contributed by atoms with Gasteiger partial charge in [0.05, 0.1) is 5.02 Å². The van der Waals surface area contributed by atoms with Crippen molar-refractivity contribution in [2.45, 2.75) is 13.0 Å². The minimum Gasteiger partial charge on any atom is -0.311 e. The van der Waals surface area contributed by atoms with Crippen molar-refractivity contribution in [3.63, 3.8) is 0 Å². The maximum absolute atomic E-state index is 13.5. The van der Waals surface area contributed by atoms with E-state index in [1.165, 1.54) is 10.8 Å². The van der Waals surface area contributed by atoms with Gasteiger partial charge in [0.1, 0.15) is 5.82 Å². The van der Waals surface area contributed by atoms with Crippen LogP contribution >= 0.6 is 22.9 Å². The van der Waals surface area contributed by atoms with E-state index < -0.39 is 0 Å². The summed E-state index contributed by atoms with van der Waals surface area (Å²) in [6, 6.07) is 15.0. The first-order valence-corrected chi connectivity index (χ1v) is 8.05. The van der Waals surface area contributed by atoms with Crippen LogP contribution in [-0.2, 0) is 13.0 Å². The van der Waals surface area contributed by atoms with E-state index in [1.54, 1.807) is 17.4 Å². The molecule has 1 N–H and O–H groups in total. The summed E-state index contributed by atoms with van der Waals surface area (Å²) in [4.78, 5) is 1.13. The van der Waals surface area contributed by atoms with Crippen molar-refractivity contribution in [1.82, 2.24) is 5.32 Å². The normalized spacial score (nSPS) is 11.1. The Kier molecular flexibility index (Phi) is 4.54. The molecule has 0 fully saturated rings. The minimum absolute atomic E-state index is 0.140. The molecule has 0 aliphatic heterocycles. The standard InChI is InChI=1S/C17H15ClFNS/c18-17-13-6-2-4-8-15(13)21-16(17)11-20-10-9-12-5-1-3-7-14(12)19/h1-8,20H,9-11H2. The highest BCUT2D eigenvalue weighted by molar-refractivity contribution is 7.19. The molecule has 3 rings (SSSR count). The smallest absolute Gasteiger partial charge is 0.126 e. The van der Waals surface area contributed by atoms with E-state index in [0.29, 0.717) is 13.0 Å². The number of benzene rings is 2. The van der Waals surface area contributed by atoms with Gasteiger partial charge in [0.2, 0.25) is 0 Å². The van der Waals surface area contributed by atoms with Gasteiger partial charge in [0.25, 0.3) is 0 Å². The molecule has 0 radical (unpaired) electrons. The molecule has 0 saturated heterocycles. The number of fused-ring (bicyclic) bond motifs is 1. The Hall–Kier alpha value is -1.42. The van der Waals surface area contributed by atoms with Crippen molar-refractivity contribution in [2.24, 2.45) is 0 Å². The largest absolute Gasteiger partial charge is 0.311 e. The van der Waals surface area contributed by atoms with Crippen LogP contribution in [0.1, 0.15) is 10.4 Å². The number of thiophene rings is 1. The van der Waals surface area contributed by atoms with Crippen molar-refractivity contribution >= 4 is 33.0 Å². The van der Waals surface area contributed by atoms with Crippen LogP contribution in [0.25, 0.3) is 10.1 Å². The number of nitrogens with one attached hydrogen (secondary N) is 1. The molecule has 0 bridgehead atoms. The fourth-order valence-corrected chi connectivity index (χ4v) is 3.77. The summed E-state index contributed by atoms with van der Waals surface area (Å²) in [7, 11) is 0. The van der Waals surface area contributed by atoms with E-state index in [1.807, 2.05) is 30.3 Å². The maximum atomic E-state index is 13.5. The van der Waals surface area contributed by atoms with Crippen LogP contribution in [0.4, 0.5) is 4.39 Å². The second kappa shape index (κ2) is 6.56. The number of hydrogen-bond acceptors (Lipinski definition) is 2. The van der Waals surface area contributed by atoms with E-state index in [9.17, 15) is 4.39 Å². The highest BCUT2D eigenvalue weighted by Crippen LogP contribution is 2.34. The molecule has 4 heteroatoms. The molecular weight excluding hydrogens is 305 g/mol. The van der Waals surface area contributed by atoms with E-state index in [0.717, 1.165) is 27.4 Å². The molecule has 21 heavy (non-hydrogen) atoms. The third kappa shape index (κ3) is 3.26. The zero-order chi connectivity index (χ0) is 14.7. The summed E-state index contributed by atoms with van der Waals surface area (Å²) >= 11 is 8.09. The minimum atomic E-state index is -0.140. The Balaban J connectivity index is 1.60. The zero-order valence-corrected chi connectivity index (χ0v) is 13.0. The Morgan fingerprint density at radius 2 is 1.81 bits per heavy atom. The topological polar surface area (TPSA) is 12.0 Å². The fraction of sp³-hybridized carbons (Fsp3) is 0.176. The van der Waals surface area contributed by atoms with Crippen LogP contribution in [0, 0.1) is 5.82 Å². The molecule has 0 aliphatic carbocycles. The van der Waals surface area contributed by atoms with E-state index >= 15 is 0 Å². The third-order valence-electron chi connectivity index (χ3n) is 3.42. The molecular formula is C17H15ClFNS. The second-order valence-electron chi connectivity index (χ2n) is 4.85. The fourth-order valence-electron chi connectivity index (χ4n) is 2.30. The number of rotatable bonds is 5. The van der Waals surface area contributed by atoms with Gasteiger partial charge in [-0.15, -0.1) is 11.3 Å². The van der Waals surface area contributed by atoms with Gasteiger partial charge in [-0.1, -0.05) is 48.0 Å². The van der Waals surface area contributed by atoms with Gasteiger partial charge in [-0.3, -0.25) is 0 Å². The average Bonchev–Trinajstić information content (AvgIpc) is 2.82. The molecule has 0 unspecified atom stereocenters. The number of halogens is 2. The van der Waals surface area contributed by atoms with Gasteiger partial charge in [-0.25, -0.2) is 4.39 Å². The molecule has 0 spiro atoms. The van der Waals surface area contributed by atoms with Gasteiger partial charge < -0.3 is 5.32 Å². The van der Waals surface area contributed by atoms with Crippen molar-refractivity contribution in [1.29, 1.82) is 0 Å². The second-order valence-corrected chi connectivity index (χ2v) is 6.37. The van der Waals surface area contributed by atoms with E-state index in [4.69, 9.17) is 11.6 Å². The summed E-state index contributed by atoms with van der Waals surface area (Å²) < 4.78 is 14.7. The quantitative estimate of drug-likeness (QED) is 0.651. The van der Waals surface area contributed by atoms with Crippen molar-refractivity contribution < 1.29 is 4.39 Å².